The number of nitrogens with zero attached hydrogens (tertiary/aromatic N) is 2. The highest BCUT2D eigenvalue weighted by Gasteiger charge is 2.22. The van der Waals surface area contributed by atoms with Gasteiger partial charge in [-0.1, -0.05) is 11.8 Å². The number of aryl methyl sites for hydroxylation is 1. The summed E-state index contributed by atoms with van der Waals surface area (Å²) in [5.74, 6) is 0.0359. The number of nitro groups is 1. The van der Waals surface area contributed by atoms with Gasteiger partial charge in [0.2, 0.25) is 0 Å². The summed E-state index contributed by atoms with van der Waals surface area (Å²) in [6, 6.07) is 2.52. The van der Waals surface area contributed by atoms with Crippen molar-refractivity contribution in [3.63, 3.8) is 0 Å². The van der Waals surface area contributed by atoms with Crippen LogP contribution in [-0.2, 0) is 4.79 Å². The molecule has 8 heteroatoms. The Balaban J connectivity index is 2.82. The Hall–Kier alpha value is -1.51. The van der Waals surface area contributed by atoms with Gasteiger partial charge in [0, 0.05) is 18.7 Å². The Kier molecular flexibility index (Phi) is 5.40. The van der Waals surface area contributed by atoms with Gasteiger partial charge in [0.05, 0.1) is 16.7 Å². The van der Waals surface area contributed by atoms with Gasteiger partial charge >= 0.3 is 0 Å². The van der Waals surface area contributed by atoms with E-state index < -0.39 is 17.1 Å². The molecule has 0 radical (unpaired) electrons. The quantitative estimate of drug-likeness (QED) is 0.612. The van der Waals surface area contributed by atoms with Crippen LogP contribution < -0.4 is 0 Å². The first-order valence-electron chi connectivity index (χ1n) is 5.44. The SMILES string of the molecule is CC(=O)SCC(O)C(O)c1ccc([N+](=O)[O-])c(C)n1. The first kappa shape index (κ1) is 15.5. The van der Waals surface area contributed by atoms with Crippen molar-refractivity contribution >= 4 is 22.6 Å². The van der Waals surface area contributed by atoms with Gasteiger partial charge in [0.15, 0.2) is 5.12 Å². The summed E-state index contributed by atoms with van der Waals surface area (Å²) in [6.07, 6.45) is -2.45. The summed E-state index contributed by atoms with van der Waals surface area (Å²) in [5.41, 5.74) is 0.149. The molecule has 0 aliphatic heterocycles. The highest BCUT2D eigenvalue weighted by molar-refractivity contribution is 8.13. The van der Waals surface area contributed by atoms with Gasteiger partial charge in [-0.05, 0) is 13.0 Å². The van der Waals surface area contributed by atoms with Gasteiger partial charge in [0.1, 0.15) is 11.8 Å². The fourth-order valence-electron chi connectivity index (χ4n) is 1.42. The van der Waals surface area contributed by atoms with E-state index in [2.05, 4.69) is 4.98 Å². The highest BCUT2D eigenvalue weighted by Crippen LogP contribution is 2.22. The first-order valence-corrected chi connectivity index (χ1v) is 6.43. The van der Waals surface area contributed by atoms with Crippen molar-refractivity contribution in [1.29, 1.82) is 0 Å². The second-order valence-corrected chi connectivity index (χ2v) is 5.11. The Morgan fingerprint density at radius 1 is 1.53 bits per heavy atom. The molecule has 1 aromatic heterocycles. The average Bonchev–Trinajstić information content (AvgIpc) is 2.34. The monoisotopic (exact) mass is 286 g/mol. The van der Waals surface area contributed by atoms with E-state index in [1.165, 1.54) is 26.0 Å². The number of aromatic nitrogens is 1. The van der Waals surface area contributed by atoms with Crippen LogP contribution in [0.2, 0.25) is 0 Å². The molecule has 1 heterocycles. The summed E-state index contributed by atoms with van der Waals surface area (Å²) < 4.78 is 0. The lowest BCUT2D eigenvalue weighted by atomic mass is 10.1. The molecule has 0 spiro atoms. The lowest BCUT2D eigenvalue weighted by Crippen LogP contribution is -2.22. The minimum absolute atomic E-state index is 0.0359. The Labute approximate surface area is 113 Å². The molecule has 0 amide bonds. The fourth-order valence-corrected chi connectivity index (χ4v) is 2.01. The normalized spacial score (nSPS) is 13.9. The van der Waals surface area contributed by atoms with Crippen molar-refractivity contribution < 1.29 is 19.9 Å². The molecule has 2 atom stereocenters. The lowest BCUT2D eigenvalue weighted by Gasteiger charge is -2.16. The predicted molar refractivity (Wildman–Crippen MR) is 69.7 cm³/mol. The summed E-state index contributed by atoms with van der Waals surface area (Å²) in [6.45, 7) is 2.81. The van der Waals surface area contributed by atoms with Gasteiger partial charge in [-0.15, -0.1) is 0 Å². The molecule has 104 valence electrons. The molecule has 0 saturated carbocycles. The van der Waals surface area contributed by atoms with Crippen LogP contribution in [0.5, 0.6) is 0 Å². The number of carbonyl (C=O) groups excluding carboxylic acids is 1. The molecular formula is C11H14N2O5S. The zero-order chi connectivity index (χ0) is 14.6. The molecule has 19 heavy (non-hydrogen) atoms. The molecular weight excluding hydrogens is 272 g/mol. The van der Waals surface area contributed by atoms with Gasteiger partial charge in [-0.25, -0.2) is 4.98 Å². The average molecular weight is 286 g/mol. The number of hydrogen-bond donors (Lipinski definition) is 2. The van der Waals surface area contributed by atoms with E-state index in [9.17, 15) is 25.1 Å². The van der Waals surface area contributed by atoms with Crippen LogP contribution in [0.15, 0.2) is 12.1 Å². The van der Waals surface area contributed by atoms with Crippen LogP contribution in [0.25, 0.3) is 0 Å². The van der Waals surface area contributed by atoms with Crippen LogP contribution in [-0.4, -0.2) is 37.1 Å². The minimum Gasteiger partial charge on any atom is -0.389 e. The standard InChI is InChI=1S/C11H14N2O5S/c1-6-9(13(17)18)4-3-8(12-6)11(16)10(15)5-19-7(2)14/h3-4,10-11,15-16H,5H2,1-2H3. The first-order chi connectivity index (χ1) is 8.82. The summed E-state index contributed by atoms with van der Waals surface area (Å²) in [4.78, 5) is 24.7. The van der Waals surface area contributed by atoms with Gasteiger partial charge in [0.25, 0.3) is 5.69 Å². The number of aliphatic hydroxyl groups excluding tert-OH is 2. The molecule has 0 aliphatic rings. The zero-order valence-electron chi connectivity index (χ0n) is 10.4. The molecule has 0 aromatic carbocycles. The summed E-state index contributed by atoms with van der Waals surface area (Å²) in [5, 5.41) is 30.0. The Morgan fingerprint density at radius 3 is 2.63 bits per heavy atom. The number of carbonyl (C=O) groups is 1. The van der Waals surface area contributed by atoms with E-state index in [0.717, 1.165) is 11.8 Å². The predicted octanol–water partition coefficient (Wildman–Crippen LogP) is 0.972. The van der Waals surface area contributed by atoms with Crippen LogP contribution >= 0.6 is 11.8 Å². The third-order valence-corrected chi connectivity index (χ3v) is 3.32. The lowest BCUT2D eigenvalue weighted by molar-refractivity contribution is -0.385. The van der Waals surface area contributed by atoms with Crippen LogP contribution in [0.1, 0.15) is 24.4 Å². The van der Waals surface area contributed by atoms with Crippen LogP contribution in [0.4, 0.5) is 5.69 Å². The number of aliphatic hydroxyl groups is 2. The van der Waals surface area contributed by atoms with Gasteiger partial charge < -0.3 is 10.2 Å². The molecule has 1 aromatic rings. The smallest absolute Gasteiger partial charge is 0.290 e. The van der Waals surface area contributed by atoms with E-state index in [0.29, 0.717) is 0 Å². The van der Waals surface area contributed by atoms with E-state index in [4.69, 9.17) is 0 Å². The van der Waals surface area contributed by atoms with Crippen molar-refractivity contribution in [1.82, 2.24) is 4.98 Å². The van der Waals surface area contributed by atoms with Crippen molar-refractivity contribution in [2.24, 2.45) is 0 Å². The number of pyridine rings is 1. The van der Waals surface area contributed by atoms with Crippen molar-refractivity contribution in [3.05, 3.63) is 33.6 Å². The minimum atomic E-state index is -1.29. The van der Waals surface area contributed by atoms with Gasteiger partial charge in [-0.3, -0.25) is 14.9 Å². The van der Waals surface area contributed by atoms with E-state index in [1.54, 1.807) is 0 Å². The second-order valence-electron chi connectivity index (χ2n) is 3.91. The molecule has 0 bridgehead atoms. The largest absolute Gasteiger partial charge is 0.389 e. The number of hydrogen-bond acceptors (Lipinski definition) is 7. The zero-order valence-corrected chi connectivity index (χ0v) is 11.3. The molecule has 1 rings (SSSR count). The maximum atomic E-state index is 10.8. The maximum absolute atomic E-state index is 10.8. The molecule has 0 fully saturated rings. The van der Waals surface area contributed by atoms with Crippen LogP contribution in [0, 0.1) is 17.0 Å². The van der Waals surface area contributed by atoms with Crippen molar-refractivity contribution in [3.8, 4) is 0 Å². The van der Waals surface area contributed by atoms with E-state index >= 15 is 0 Å². The van der Waals surface area contributed by atoms with E-state index in [1.807, 2.05) is 0 Å². The summed E-state index contributed by atoms with van der Waals surface area (Å²) >= 11 is 0.890. The highest BCUT2D eigenvalue weighted by atomic mass is 32.2. The number of rotatable bonds is 5. The number of thioether (sulfide) groups is 1. The topological polar surface area (TPSA) is 114 Å². The van der Waals surface area contributed by atoms with Crippen LogP contribution in [0.3, 0.4) is 0 Å². The van der Waals surface area contributed by atoms with Gasteiger partial charge in [-0.2, -0.15) is 0 Å². The van der Waals surface area contributed by atoms with Crippen molar-refractivity contribution in [2.75, 3.05) is 5.75 Å². The van der Waals surface area contributed by atoms with E-state index in [-0.39, 0.29) is 27.9 Å². The molecule has 2 N–H and O–H groups in total. The fraction of sp³-hybridized carbons (Fsp3) is 0.455. The Morgan fingerprint density at radius 2 is 2.16 bits per heavy atom. The Bertz CT molecular complexity index is 494. The summed E-state index contributed by atoms with van der Waals surface area (Å²) in [7, 11) is 0. The molecule has 7 nitrogen and oxygen atoms in total. The van der Waals surface area contributed by atoms with Crippen molar-refractivity contribution in [2.45, 2.75) is 26.1 Å². The molecule has 2 unspecified atom stereocenters. The second kappa shape index (κ2) is 6.60. The third kappa shape index (κ3) is 4.27. The molecule has 0 aliphatic carbocycles. The maximum Gasteiger partial charge on any atom is 0.290 e. The molecule has 0 saturated heterocycles. The third-order valence-electron chi connectivity index (χ3n) is 2.40.